The molecule has 0 aliphatic rings. The van der Waals surface area contributed by atoms with E-state index in [0.717, 1.165) is 23.4 Å². The zero-order valence-corrected chi connectivity index (χ0v) is 11.5. The number of aliphatic carboxylic acids is 1. The number of carbonyl (C=O) groups is 1. The van der Waals surface area contributed by atoms with Gasteiger partial charge in [-0.2, -0.15) is 0 Å². The number of rotatable bonds is 6. The Morgan fingerprint density at radius 2 is 2.21 bits per heavy atom. The second-order valence-electron chi connectivity index (χ2n) is 3.97. The van der Waals surface area contributed by atoms with Gasteiger partial charge >= 0.3 is 5.97 Å². The lowest BCUT2D eigenvalue weighted by Crippen LogP contribution is -2.09. The van der Waals surface area contributed by atoms with E-state index in [2.05, 4.69) is 20.4 Å². The van der Waals surface area contributed by atoms with Crippen LogP contribution in [0.2, 0.25) is 0 Å². The van der Waals surface area contributed by atoms with Gasteiger partial charge in [0.1, 0.15) is 18.0 Å². The first-order chi connectivity index (χ1) is 9.08. The molecular weight excluding hydrogens is 268 g/mol. The molecule has 2 rings (SSSR count). The van der Waals surface area contributed by atoms with Gasteiger partial charge in [-0.1, -0.05) is 11.8 Å². The van der Waals surface area contributed by atoms with Gasteiger partial charge in [-0.3, -0.25) is 4.79 Å². The third kappa shape index (κ3) is 3.31. The van der Waals surface area contributed by atoms with E-state index in [4.69, 9.17) is 5.11 Å². The lowest BCUT2D eigenvalue weighted by molar-refractivity contribution is -0.133. The molecule has 0 aliphatic heterocycles. The standard InChI is InChI=1S/C10H14N6O2S/c1-7-12-14-10(19-5-9(17)18)16(7)4-3-8-13-11-6-15(8)2/h6H,3-5H2,1-2H3,(H,17,18). The molecule has 8 nitrogen and oxygen atoms in total. The molecule has 0 aliphatic carbocycles. The molecule has 19 heavy (non-hydrogen) atoms. The summed E-state index contributed by atoms with van der Waals surface area (Å²) in [5, 5.41) is 25.1. The van der Waals surface area contributed by atoms with Crippen molar-refractivity contribution in [2.45, 2.75) is 25.0 Å². The fourth-order valence-electron chi connectivity index (χ4n) is 1.60. The molecule has 0 spiro atoms. The predicted molar refractivity (Wildman–Crippen MR) is 67.8 cm³/mol. The molecule has 0 radical (unpaired) electrons. The number of hydrogen-bond acceptors (Lipinski definition) is 6. The summed E-state index contributed by atoms with van der Waals surface area (Å²) in [4.78, 5) is 10.6. The molecule has 0 saturated carbocycles. The Balaban J connectivity index is 2.05. The Morgan fingerprint density at radius 3 is 2.84 bits per heavy atom. The first kappa shape index (κ1) is 13.5. The van der Waals surface area contributed by atoms with E-state index in [9.17, 15) is 4.79 Å². The Bertz CT molecular complexity index is 578. The summed E-state index contributed by atoms with van der Waals surface area (Å²) < 4.78 is 3.74. The maximum atomic E-state index is 10.6. The van der Waals surface area contributed by atoms with E-state index in [1.54, 1.807) is 6.33 Å². The van der Waals surface area contributed by atoms with Crippen LogP contribution in [0.1, 0.15) is 11.6 Å². The minimum Gasteiger partial charge on any atom is -0.481 e. The normalized spacial score (nSPS) is 10.8. The highest BCUT2D eigenvalue weighted by molar-refractivity contribution is 7.99. The van der Waals surface area contributed by atoms with Crippen molar-refractivity contribution in [2.75, 3.05) is 5.75 Å². The zero-order chi connectivity index (χ0) is 13.8. The lowest BCUT2D eigenvalue weighted by atomic mass is 10.4. The number of aryl methyl sites for hydroxylation is 3. The third-order valence-electron chi connectivity index (χ3n) is 2.59. The molecule has 0 bridgehead atoms. The topological polar surface area (TPSA) is 98.7 Å². The largest absolute Gasteiger partial charge is 0.481 e. The van der Waals surface area contributed by atoms with Gasteiger partial charge in [-0.15, -0.1) is 20.4 Å². The van der Waals surface area contributed by atoms with Gasteiger partial charge in [0.15, 0.2) is 5.16 Å². The van der Waals surface area contributed by atoms with Crippen molar-refractivity contribution >= 4 is 17.7 Å². The fraction of sp³-hybridized carbons (Fsp3) is 0.500. The number of thioether (sulfide) groups is 1. The molecular formula is C10H14N6O2S. The third-order valence-corrected chi connectivity index (χ3v) is 3.54. The van der Waals surface area contributed by atoms with Crippen LogP contribution < -0.4 is 0 Å². The van der Waals surface area contributed by atoms with E-state index in [1.165, 1.54) is 0 Å². The second-order valence-corrected chi connectivity index (χ2v) is 4.91. The number of hydrogen-bond donors (Lipinski definition) is 1. The molecule has 0 saturated heterocycles. The van der Waals surface area contributed by atoms with E-state index in [0.29, 0.717) is 18.1 Å². The molecule has 102 valence electrons. The van der Waals surface area contributed by atoms with Crippen LogP contribution in [0.5, 0.6) is 0 Å². The Kier molecular flexibility index (Phi) is 4.15. The molecule has 9 heteroatoms. The van der Waals surface area contributed by atoms with Gasteiger partial charge in [-0.25, -0.2) is 0 Å². The summed E-state index contributed by atoms with van der Waals surface area (Å²) in [6, 6.07) is 0. The van der Waals surface area contributed by atoms with Gasteiger partial charge < -0.3 is 14.2 Å². The van der Waals surface area contributed by atoms with Gasteiger partial charge in [-0.05, 0) is 6.92 Å². The van der Waals surface area contributed by atoms with Crippen LogP contribution in [0.4, 0.5) is 0 Å². The average Bonchev–Trinajstić information content (AvgIpc) is 2.91. The molecule has 1 N–H and O–H groups in total. The van der Waals surface area contributed by atoms with Crippen molar-refractivity contribution in [3.63, 3.8) is 0 Å². The summed E-state index contributed by atoms with van der Waals surface area (Å²) >= 11 is 1.16. The smallest absolute Gasteiger partial charge is 0.313 e. The van der Waals surface area contributed by atoms with E-state index in [-0.39, 0.29) is 5.75 Å². The van der Waals surface area contributed by atoms with Crippen LogP contribution in [-0.4, -0.2) is 46.4 Å². The lowest BCUT2D eigenvalue weighted by Gasteiger charge is -2.07. The SMILES string of the molecule is Cc1nnc(SCC(=O)O)n1CCc1nncn1C. The Morgan fingerprint density at radius 1 is 1.42 bits per heavy atom. The highest BCUT2D eigenvalue weighted by Gasteiger charge is 2.12. The first-order valence-corrected chi connectivity index (χ1v) is 6.63. The van der Waals surface area contributed by atoms with Crippen LogP contribution in [0, 0.1) is 6.92 Å². The maximum Gasteiger partial charge on any atom is 0.313 e. The van der Waals surface area contributed by atoms with Crippen molar-refractivity contribution in [3.8, 4) is 0 Å². The van der Waals surface area contributed by atoms with Gasteiger partial charge in [0.25, 0.3) is 0 Å². The molecule has 0 atom stereocenters. The zero-order valence-electron chi connectivity index (χ0n) is 10.6. The maximum absolute atomic E-state index is 10.6. The van der Waals surface area contributed by atoms with Crippen LogP contribution in [0.15, 0.2) is 11.5 Å². The van der Waals surface area contributed by atoms with Crippen molar-refractivity contribution in [1.29, 1.82) is 0 Å². The summed E-state index contributed by atoms with van der Waals surface area (Å²) in [5.41, 5.74) is 0. The summed E-state index contributed by atoms with van der Waals surface area (Å²) in [7, 11) is 1.88. The van der Waals surface area contributed by atoms with E-state index < -0.39 is 5.97 Å². The number of carboxylic acids is 1. The number of aromatic nitrogens is 6. The van der Waals surface area contributed by atoms with Gasteiger partial charge in [0.05, 0.1) is 5.75 Å². The first-order valence-electron chi connectivity index (χ1n) is 5.65. The minimum absolute atomic E-state index is 0.0257. The van der Waals surface area contributed by atoms with E-state index >= 15 is 0 Å². The molecule has 0 aromatic carbocycles. The predicted octanol–water partition coefficient (Wildman–Crippen LogP) is 0.134. The van der Waals surface area contributed by atoms with Crippen molar-refractivity contribution in [2.24, 2.45) is 7.05 Å². The van der Waals surface area contributed by atoms with Crippen LogP contribution in [-0.2, 0) is 24.8 Å². The minimum atomic E-state index is -0.870. The fourth-order valence-corrected chi connectivity index (χ4v) is 2.33. The molecule has 2 aromatic rings. The van der Waals surface area contributed by atoms with Crippen LogP contribution >= 0.6 is 11.8 Å². The Labute approximate surface area is 113 Å². The van der Waals surface area contributed by atoms with Crippen molar-refractivity contribution in [3.05, 3.63) is 18.0 Å². The Hall–Kier alpha value is -1.90. The number of carboxylic acid groups (broad SMARTS) is 1. The molecule has 0 fully saturated rings. The monoisotopic (exact) mass is 282 g/mol. The van der Waals surface area contributed by atoms with Crippen molar-refractivity contribution < 1.29 is 9.90 Å². The molecule has 0 amide bonds. The van der Waals surface area contributed by atoms with Crippen molar-refractivity contribution in [1.82, 2.24) is 29.5 Å². The van der Waals surface area contributed by atoms with Gasteiger partial charge in [0.2, 0.25) is 0 Å². The average molecular weight is 282 g/mol. The molecule has 2 heterocycles. The number of nitrogens with zero attached hydrogens (tertiary/aromatic N) is 6. The van der Waals surface area contributed by atoms with Crippen LogP contribution in [0.25, 0.3) is 0 Å². The highest BCUT2D eigenvalue weighted by atomic mass is 32.2. The molecule has 2 aromatic heterocycles. The van der Waals surface area contributed by atoms with Crippen LogP contribution in [0.3, 0.4) is 0 Å². The summed E-state index contributed by atoms with van der Waals surface area (Å²) in [5.74, 6) is 0.727. The second kappa shape index (κ2) is 5.83. The van der Waals surface area contributed by atoms with E-state index in [1.807, 2.05) is 23.1 Å². The highest BCUT2D eigenvalue weighted by Crippen LogP contribution is 2.16. The molecule has 0 unspecified atom stereocenters. The summed E-state index contributed by atoms with van der Waals surface area (Å²) in [6.45, 7) is 2.49. The van der Waals surface area contributed by atoms with Gasteiger partial charge in [0, 0.05) is 20.0 Å². The quantitative estimate of drug-likeness (QED) is 0.752. The summed E-state index contributed by atoms with van der Waals surface area (Å²) in [6.07, 6.45) is 2.34.